The number of aryl methyl sites for hydroxylation is 1. The van der Waals surface area contributed by atoms with Crippen molar-refractivity contribution in [2.75, 3.05) is 5.32 Å². The van der Waals surface area contributed by atoms with Crippen LogP contribution >= 0.6 is 0 Å². The summed E-state index contributed by atoms with van der Waals surface area (Å²) in [6, 6.07) is 6.16. The van der Waals surface area contributed by atoms with E-state index in [0.717, 1.165) is 0 Å². The van der Waals surface area contributed by atoms with E-state index < -0.39 is 10.8 Å². The highest BCUT2D eigenvalue weighted by atomic mass is 16.6. The molecule has 16 heavy (non-hydrogen) atoms. The van der Waals surface area contributed by atoms with E-state index in [1.807, 2.05) is 0 Å². The number of hydrogen-bond acceptors (Lipinski definition) is 4. The summed E-state index contributed by atoms with van der Waals surface area (Å²) in [4.78, 5) is 21.3. The van der Waals surface area contributed by atoms with Crippen LogP contribution in [0.15, 0.2) is 18.2 Å². The van der Waals surface area contributed by atoms with E-state index in [1.54, 1.807) is 19.1 Å². The molecule has 6 nitrogen and oxygen atoms in total. The highest BCUT2D eigenvalue weighted by molar-refractivity contribution is 5.95. The van der Waals surface area contributed by atoms with Crippen molar-refractivity contribution in [1.82, 2.24) is 0 Å². The molecule has 1 N–H and O–H groups in total. The summed E-state index contributed by atoms with van der Waals surface area (Å²) < 4.78 is 0. The lowest BCUT2D eigenvalue weighted by molar-refractivity contribution is -0.384. The number of carbonyl (C=O) groups excluding carboxylic acids is 1. The van der Waals surface area contributed by atoms with Crippen LogP contribution in [0.4, 0.5) is 11.4 Å². The van der Waals surface area contributed by atoms with Gasteiger partial charge in [-0.25, -0.2) is 0 Å². The van der Waals surface area contributed by atoms with E-state index in [2.05, 4.69) is 5.32 Å². The van der Waals surface area contributed by atoms with Crippen LogP contribution in [0.2, 0.25) is 0 Å². The zero-order valence-electron chi connectivity index (χ0n) is 8.56. The number of nitriles is 1. The first kappa shape index (κ1) is 11.7. The summed E-state index contributed by atoms with van der Waals surface area (Å²) in [5, 5.41) is 21.4. The second kappa shape index (κ2) is 4.89. The predicted octanol–water partition coefficient (Wildman–Crippen LogP) is 1.76. The fourth-order valence-corrected chi connectivity index (χ4v) is 1.22. The smallest absolute Gasteiger partial charge is 0.293 e. The molecule has 0 aliphatic rings. The monoisotopic (exact) mass is 219 g/mol. The molecule has 1 amide bonds. The van der Waals surface area contributed by atoms with E-state index in [4.69, 9.17) is 5.26 Å². The Morgan fingerprint density at radius 3 is 2.88 bits per heavy atom. The van der Waals surface area contributed by atoms with Gasteiger partial charge in [0, 0.05) is 6.07 Å². The van der Waals surface area contributed by atoms with Gasteiger partial charge in [0.25, 0.3) is 5.69 Å². The number of hydrogen-bond donors (Lipinski definition) is 1. The van der Waals surface area contributed by atoms with Gasteiger partial charge in [-0.05, 0) is 12.5 Å². The van der Waals surface area contributed by atoms with Crippen LogP contribution in [-0.4, -0.2) is 10.8 Å². The van der Waals surface area contributed by atoms with Crippen LogP contribution in [0.5, 0.6) is 0 Å². The molecule has 0 bridgehead atoms. The van der Waals surface area contributed by atoms with Gasteiger partial charge in [-0.3, -0.25) is 14.9 Å². The minimum Gasteiger partial charge on any atom is -0.319 e. The maximum atomic E-state index is 11.2. The third-order valence-electron chi connectivity index (χ3n) is 1.95. The molecule has 1 rings (SSSR count). The number of rotatable bonds is 3. The van der Waals surface area contributed by atoms with Crippen molar-refractivity contribution < 1.29 is 9.72 Å². The Morgan fingerprint density at radius 2 is 2.31 bits per heavy atom. The minimum atomic E-state index is -0.574. The largest absolute Gasteiger partial charge is 0.319 e. The lowest BCUT2D eigenvalue weighted by atomic mass is 10.1. The second-order valence-corrected chi connectivity index (χ2v) is 3.11. The molecule has 0 saturated carbocycles. The molecular formula is C10H9N3O3. The van der Waals surface area contributed by atoms with E-state index in [9.17, 15) is 14.9 Å². The molecule has 0 spiro atoms. The van der Waals surface area contributed by atoms with Gasteiger partial charge in [-0.2, -0.15) is 5.26 Å². The predicted molar refractivity (Wildman–Crippen MR) is 56.7 cm³/mol. The third kappa shape index (κ3) is 2.54. The average molecular weight is 219 g/mol. The van der Waals surface area contributed by atoms with Gasteiger partial charge in [-0.1, -0.05) is 12.1 Å². The summed E-state index contributed by atoms with van der Waals surface area (Å²) in [5.74, 6) is -0.556. The Morgan fingerprint density at radius 1 is 1.62 bits per heavy atom. The minimum absolute atomic E-state index is 0.146. The molecule has 0 unspecified atom stereocenters. The van der Waals surface area contributed by atoms with Crippen LogP contribution in [0, 0.1) is 28.4 Å². The molecule has 0 saturated heterocycles. The molecule has 1 aromatic rings. The fourth-order valence-electron chi connectivity index (χ4n) is 1.22. The molecule has 0 fully saturated rings. The Kier molecular flexibility index (Phi) is 3.56. The Labute approximate surface area is 91.6 Å². The number of nitro groups is 1. The highest BCUT2D eigenvalue weighted by Gasteiger charge is 2.17. The summed E-state index contributed by atoms with van der Waals surface area (Å²) in [6.07, 6.45) is -0.328. The zero-order valence-corrected chi connectivity index (χ0v) is 8.56. The molecule has 0 radical (unpaired) electrons. The standard InChI is InChI=1S/C10H9N3O3/c1-7-3-2-4-8(13(15)16)10(7)12-9(14)5-6-11/h2-4H,5H2,1H3,(H,12,14). The van der Waals surface area contributed by atoms with E-state index in [1.165, 1.54) is 12.1 Å². The lowest BCUT2D eigenvalue weighted by Crippen LogP contribution is -2.12. The molecule has 0 aliphatic heterocycles. The Balaban J connectivity index is 3.07. The number of anilines is 1. The molecule has 0 heterocycles. The van der Waals surface area contributed by atoms with Crippen molar-refractivity contribution in [3.8, 4) is 6.07 Å². The van der Waals surface area contributed by atoms with Gasteiger partial charge in [0.05, 0.1) is 11.0 Å². The van der Waals surface area contributed by atoms with Gasteiger partial charge >= 0.3 is 0 Å². The summed E-state index contributed by atoms with van der Waals surface area (Å²) in [6.45, 7) is 1.65. The molecule has 6 heteroatoms. The fraction of sp³-hybridized carbons (Fsp3) is 0.200. The lowest BCUT2D eigenvalue weighted by Gasteiger charge is -2.06. The molecule has 1 aromatic carbocycles. The van der Waals surface area contributed by atoms with Crippen molar-refractivity contribution in [3.05, 3.63) is 33.9 Å². The molecule has 0 atom stereocenters. The number of para-hydroxylation sites is 1. The van der Waals surface area contributed by atoms with Crippen molar-refractivity contribution in [2.24, 2.45) is 0 Å². The number of nitro benzene ring substituents is 1. The normalized spacial score (nSPS) is 9.25. The van der Waals surface area contributed by atoms with Crippen LogP contribution in [0.3, 0.4) is 0 Å². The SMILES string of the molecule is Cc1cccc([N+](=O)[O-])c1NC(=O)CC#N. The molecule has 0 aliphatic carbocycles. The molecule has 0 aromatic heterocycles. The van der Waals surface area contributed by atoms with Gasteiger partial charge in [0.1, 0.15) is 12.1 Å². The summed E-state index contributed by atoms with van der Waals surface area (Å²) in [7, 11) is 0. The van der Waals surface area contributed by atoms with Crippen LogP contribution < -0.4 is 5.32 Å². The maximum absolute atomic E-state index is 11.2. The number of amides is 1. The van der Waals surface area contributed by atoms with Gasteiger partial charge in [-0.15, -0.1) is 0 Å². The number of carbonyl (C=O) groups is 1. The second-order valence-electron chi connectivity index (χ2n) is 3.11. The number of nitrogens with zero attached hydrogens (tertiary/aromatic N) is 2. The van der Waals surface area contributed by atoms with Gasteiger partial charge in [0.15, 0.2) is 0 Å². The van der Waals surface area contributed by atoms with Gasteiger partial charge < -0.3 is 5.32 Å². The van der Waals surface area contributed by atoms with Gasteiger partial charge in [0.2, 0.25) is 5.91 Å². The summed E-state index contributed by atoms with van der Waals surface area (Å²) in [5.41, 5.74) is 0.555. The number of benzene rings is 1. The van der Waals surface area contributed by atoms with Crippen molar-refractivity contribution in [1.29, 1.82) is 5.26 Å². The quantitative estimate of drug-likeness (QED) is 0.618. The average Bonchev–Trinajstić information content (AvgIpc) is 2.21. The summed E-state index contributed by atoms with van der Waals surface area (Å²) >= 11 is 0. The topological polar surface area (TPSA) is 96.0 Å². The van der Waals surface area contributed by atoms with E-state index in [-0.39, 0.29) is 17.8 Å². The van der Waals surface area contributed by atoms with Crippen LogP contribution in [-0.2, 0) is 4.79 Å². The van der Waals surface area contributed by atoms with Crippen LogP contribution in [0.1, 0.15) is 12.0 Å². The third-order valence-corrected chi connectivity index (χ3v) is 1.95. The first-order valence-electron chi connectivity index (χ1n) is 4.47. The Bertz CT molecular complexity index is 477. The van der Waals surface area contributed by atoms with Crippen LogP contribution in [0.25, 0.3) is 0 Å². The maximum Gasteiger partial charge on any atom is 0.293 e. The Hall–Kier alpha value is -2.42. The first-order valence-corrected chi connectivity index (χ1v) is 4.47. The van der Waals surface area contributed by atoms with Crippen molar-refractivity contribution >= 4 is 17.3 Å². The van der Waals surface area contributed by atoms with E-state index >= 15 is 0 Å². The first-order chi connectivity index (χ1) is 7.56. The molecule has 82 valence electrons. The zero-order chi connectivity index (χ0) is 12.1. The number of nitrogens with one attached hydrogen (secondary N) is 1. The van der Waals surface area contributed by atoms with E-state index in [0.29, 0.717) is 5.56 Å². The highest BCUT2D eigenvalue weighted by Crippen LogP contribution is 2.27. The van der Waals surface area contributed by atoms with Crippen molar-refractivity contribution in [3.63, 3.8) is 0 Å². The van der Waals surface area contributed by atoms with Crippen molar-refractivity contribution in [2.45, 2.75) is 13.3 Å². The molecular weight excluding hydrogens is 210 g/mol.